The van der Waals surface area contributed by atoms with Crippen molar-refractivity contribution < 1.29 is 4.79 Å². The number of Topliss-reactive ketones (excluding diaryl/α,β-unsaturated/α-hetero) is 1. The molecule has 4 rings (SSSR count). The highest BCUT2D eigenvalue weighted by Crippen LogP contribution is 2.40. The Morgan fingerprint density at radius 2 is 2.18 bits per heavy atom. The highest BCUT2D eigenvalue weighted by atomic mass is 35.5. The molecule has 3 aromatic heterocycles. The highest BCUT2D eigenvalue weighted by Gasteiger charge is 2.21. The van der Waals surface area contributed by atoms with Crippen molar-refractivity contribution in [3.05, 3.63) is 38.1 Å². The summed E-state index contributed by atoms with van der Waals surface area (Å²) in [7, 11) is 0. The fourth-order valence-electron chi connectivity index (χ4n) is 2.68. The van der Waals surface area contributed by atoms with E-state index in [1.165, 1.54) is 45.3 Å². The minimum absolute atomic E-state index is 0.0977. The summed E-state index contributed by atoms with van der Waals surface area (Å²) in [5.41, 5.74) is 1.40. The first-order valence-electron chi connectivity index (χ1n) is 6.89. The first-order valence-corrected chi connectivity index (χ1v) is 9.88. The van der Waals surface area contributed by atoms with Crippen LogP contribution in [0.4, 0.5) is 0 Å². The average molecular weight is 367 g/mol. The number of carbonyl (C=O) groups excluding carboxylic acids is 1. The molecule has 0 saturated carbocycles. The third-order valence-electron chi connectivity index (χ3n) is 3.65. The lowest BCUT2D eigenvalue weighted by atomic mass is 10.2. The number of nitrogens with zero attached hydrogens (tertiary/aromatic N) is 2. The van der Waals surface area contributed by atoms with Gasteiger partial charge in [-0.2, -0.15) is 0 Å². The summed E-state index contributed by atoms with van der Waals surface area (Å²) in [5.74, 6) is 0.480. The molecular formula is C15H11ClN2OS3. The Morgan fingerprint density at radius 1 is 1.27 bits per heavy atom. The predicted octanol–water partition coefficient (Wildman–Crippen LogP) is 4.87. The number of rotatable bonds is 4. The standard InChI is InChI=1S/C15H11ClN2OS3/c16-12-5-4-11(21-12)9(19)6-20-14-13-8-2-1-3-10(8)22-15(13)18-7-17-14/h4-5,7H,1-3,6H2. The second-order valence-corrected chi connectivity index (χ2v) is 8.79. The van der Waals surface area contributed by atoms with Crippen molar-refractivity contribution in [3.8, 4) is 0 Å². The van der Waals surface area contributed by atoms with E-state index < -0.39 is 0 Å². The van der Waals surface area contributed by atoms with Crippen molar-refractivity contribution in [2.75, 3.05) is 5.75 Å². The van der Waals surface area contributed by atoms with Gasteiger partial charge >= 0.3 is 0 Å². The molecule has 0 amide bonds. The van der Waals surface area contributed by atoms with E-state index in [0.717, 1.165) is 22.7 Å². The maximum absolute atomic E-state index is 12.2. The first-order chi connectivity index (χ1) is 10.7. The molecule has 0 radical (unpaired) electrons. The Kier molecular flexibility index (Phi) is 3.94. The number of thioether (sulfide) groups is 1. The molecule has 0 unspecified atom stereocenters. The second-order valence-electron chi connectivity index (χ2n) is 5.03. The van der Waals surface area contributed by atoms with Gasteiger partial charge in [-0.1, -0.05) is 23.4 Å². The largest absolute Gasteiger partial charge is 0.292 e. The van der Waals surface area contributed by atoms with Gasteiger partial charge in [-0.05, 0) is 37.0 Å². The summed E-state index contributed by atoms with van der Waals surface area (Å²) < 4.78 is 0.647. The van der Waals surface area contributed by atoms with Crippen molar-refractivity contribution in [1.82, 2.24) is 9.97 Å². The topological polar surface area (TPSA) is 42.9 Å². The molecule has 0 N–H and O–H groups in total. The zero-order chi connectivity index (χ0) is 15.1. The van der Waals surface area contributed by atoms with E-state index in [2.05, 4.69) is 9.97 Å². The number of ketones is 1. The molecule has 3 heterocycles. The molecule has 3 nitrogen and oxygen atoms in total. The monoisotopic (exact) mass is 366 g/mol. The molecule has 0 aromatic carbocycles. The summed E-state index contributed by atoms with van der Waals surface area (Å²) in [6.07, 6.45) is 5.06. The zero-order valence-electron chi connectivity index (χ0n) is 11.5. The summed E-state index contributed by atoms with van der Waals surface area (Å²) in [5, 5.41) is 2.10. The van der Waals surface area contributed by atoms with Crippen molar-refractivity contribution >= 4 is 62.0 Å². The van der Waals surface area contributed by atoms with Crippen LogP contribution < -0.4 is 0 Å². The van der Waals surface area contributed by atoms with E-state index in [1.54, 1.807) is 29.8 Å². The number of hydrogen-bond donors (Lipinski definition) is 0. The number of aryl methyl sites for hydroxylation is 2. The van der Waals surface area contributed by atoms with Crippen LogP contribution in [-0.2, 0) is 12.8 Å². The fraction of sp³-hybridized carbons (Fsp3) is 0.267. The van der Waals surface area contributed by atoms with E-state index in [0.29, 0.717) is 15.0 Å². The molecular weight excluding hydrogens is 356 g/mol. The quantitative estimate of drug-likeness (QED) is 0.375. The number of fused-ring (bicyclic) bond motifs is 3. The number of aromatic nitrogens is 2. The molecule has 0 fully saturated rings. The molecule has 0 aliphatic heterocycles. The zero-order valence-corrected chi connectivity index (χ0v) is 14.7. The normalized spacial score (nSPS) is 13.7. The second kappa shape index (κ2) is 5.92. The van der Waals surface area contributed by atoms with Crippen LogP contribution in [0.15, 0.2) is 23.5 Å². The number of carbonyl (C=O) groups is 1. The van der Waals surface area contributed by atoms with Crippen molar-refractivity contribution in [1.29, 1.82) is 0 Å². The summed E-state index contributed by atoms with van der Waals surface area (Å²) >= 11 is 10.5. The van der Waals surface area contributed by atoms with Gasteiger partial charge in [0.05, 0.1) is 15.0 Å². The van der Waals surface area contributed by atoms with Crippen LogP contribution in [0.3, 0.4) is 0 Å². The fourth-order valence-corrected chi connectivity index (χ4v) is 5.95. The minimum Gasteiger partial charge on any atom is -0.292 e. The molecule has 22 heavy (non-hydrogen) atoms. The van der Waals surface area contributed by atoms with Gasteiger partial charge in [0.25, 0.3) is 0 Å². The molecule has 0 spiro atoms. The molecule has 1 aliphatic carbocycles. The van der Waals surface area contributed by atoms with Crippen LogP contribution in [0, 0.1) is 0 Å². The van der Waals surface area contributed by atoms with Gasteiger partial charge in [0.15, 0.2) is 5.78 Å². The molecule has 1 aliphatic rings. The van der Waals surface area contributed by atoms with Crippen LogP contribution in [-0.4, -0.2) is 21.5 Å². The third kappa shape index (κ3) is 2.58. The highest BCUT2D eigenvalue weighted by molar-refractivity contribution is 8.00. The van der Waals surface area contributed by atoms with Gasteiger partial charge < -0.3 is 0 Å². The van der Waals surface area contributed by atoms with Crippen LogP contribution in [0.2, 0.25) is 4.34 Å². The van der Waals surface area contributed by atoms with Gasteiger partial charge in [-0.3, -0.25) is 4.79 Å². The molecule has 0 atom stereocenters. The van der Waals surface area contributed by atoms with Gasteiger partial charge in [0, 0.05) is 10.3 Å². The molecule has 0 bridgehead atoms. The maximum atomic E-state index is 12.2. The minimum atomic E-state index is 0.0977. The molecule has 0 saturated heterocycles. The van der Waals surface area contributed by atoms with E-state index in [-0.39, 0.29) is 5.78 Å². The van der Waals surface area contributed by atoms with E-state index in [1.807, 2.05) is 0 Å². The van der Waals surface area contributed by atoms with Crippen molar-refractivity contribution in [2.24, 2.45) is 0 Å². The lowest BCUT2D eigenvalue weighted by Gasteiger charge is -2.02. The number of thiophene rings is 2. The number of hydrogen-bond acceptors (Lipinski definition) is 6. The van der Waals surface area contributed by atoms with Crippen LogP contribution >= 0.6 is 46.0 Å². The van der Waals surface area contributed by atoms with Crippen LogP contribution in [0.25, 0.3) is 10.2 Å². The maximum Gasteiger partial charge on any atom is 0.183 e. The Morgan fingerprint density at radius 3 is 3.00 bits per heavy atom. The predicted molar refractivity (Wildman–Crippen MR) is 93.8 cm³/mol. The van der Waals surface area contributed by atoms with E-state index in [4.69, 9.17) is 11.6 Å². The van der Waals surface area contributed by atoms with Crippen LogP contribution in [0.5, 0.6) is 0 Å². The van der Waals surface area contributed by atoms with E-state index in [9.17, 15) is 4.79 Å². The van der Waals surface area contributed by atoms with Gasteiger partial charge in [0.2, 0.25) is 0 Å². The third-order valence-corrected chi connectivity index (χ3v) is 7.12. The Labute approximate surface area is 144 Å². The molecule has 112 valence electrons. The van der Waals surface area contributed by atoms with Gasteiger partial charge in [-0.15, -0.1) is 22.7 Å². The first kappa shape index (κ1) is 14.6. The summed E-state index contributed by atoms with van der Waals surface area (Å²) in [6, 6.07) is 3.55. The molecule has 7 heteroatoms. The smallest absolute Gasteiger partial charge is 0.183 e. The Hall–Kier alpha value is -0.950. The van der Waals surface area contributed by atoms with Crippen molar-refractivity contribution in [2.45, 2.75) is 24.3 Å². The molecule has 3 aromatic rings. The van der Waals surface area contributed by atoms with Gasteiger partial charge in [0.1, 0.15) is 16.2 Å². The summed E-state index contributed by atoms with van der Waals surface area (Å²) in [6.45, 7) is 0. The SMILES string of the molecule is O=C(CSc1ncnc2sc3c(c12)CCC3)c1ccc(Cl)s1. The lowest BCUT2D eigenvalue weighted by molar-refractivity contribution is 0.102. The van der Waals surface area contributed by atoms with E-state index >= 15 is 0 Å². The van der Waals surface area contributed by atoms with Crippen LogP contribution in [0.1, 0.15) is 26.5 Å². The lowest BCUT2D eigenvalue weighted by Crippen LogP contribution is -2.00. The average Bonchev–Trinajstić information content (AvgIpc) is 3.19. The Balaban J connectivity index is 1.61. The van der Waals surface area contributed by atoms with Crippen molar-refractivity contribution in [3.63, 3.8) is 0 Å². The number of halogens is 1. The summed E-state index contributed by atoms with van der Waals surface area (Å²) in [4.78, 5) is 24.2. The Bertz CT molecular complexity index is 871. The van der Waals surface area contributed by atoms with Gasteiger partial charge in [-0.25, -0.2) is 9.97 Å².